The molecule has 0 aromatic carbocycles. The molecule has 1 aromatic heterocycles. The number of methoxy groups -OCH3 is 1. The molecule has 6 heteroatoms. The van der Waals surface area contributed by atoms with Gasteiger partial charge in [0.2, 0.25) is 0 Å². The summed E-state index contributed by atoms with van der Waals surface area (Å²) >= 11 is 0. The van der Waals surface area contributed by atoms with Crippen LogP contribution in [0, 0.1) is 0 Å². The van der Waals surface area contributed by atoms with Gasteiger partial charge in [-0.1, -0.05) is 6.92 Å². The van der Waals surface area contributed by atoms with Gasteiger partial charge in [0.15, 0.2) is 0 Å². The molecule has 6 nitrogen and oxygen atoms in total. The van der Waals surface area contributed by atoms with E-state index in [1.807, 2.05) is 18.9 Å². The smallest absolute Gasteiger partial charge is 0.268 e. The number of hydrogen-bond acceptors (Lipinski definition) is 5. The molecule has 112 valence electrons. The number of rotatable bonds is 9. The number of Topliss-reactive ketones (excluding diaryl/α,β-unsaturated/α-hetero) is 1. The standard InChI is InChI=1S/C14H23N3O3/c1-4-13(18)6-5-7-17-14(19)10-12(11-15-17)16(2)8-9-20-3/h10-11H,4-9H2,1-3H3. The molecule has 0 aliphatic rings. The van der Waals surface area contributed by atoms with Crippen molar-refractivity contribution < 1.29 is 9.53 Å². The summed E-state index contributed by atoms with van der Waals surface area (Å²) in [5.74, 6) is 0.217. The van der Waals surface area contributed by atoms with Crippen LogP contribution in [-0.4, -0.2) is 42.9 Å². The van der Waals surface area contributed by atoms with E-state index in [0.29, 0.717) is 39.0 Å². The first-order valence-corrected chi connectivity index (χ1v) is 6.87. The average molecular weight is 281 g/mol. The van der Waals surface area contributed by atoms with Gasteiger partial charge >= 0.3 is 0 Å². The molecule has 1 heterocycles. The SMILES string of the molecule is CCC(=O)CCCn1ncc(N(C)CCOC)cc1=O. The van der Waals surface area contributed by atoms with Crippen LogP contribution in [0.2, 0.25) is 0 Å². The van der Waals surface area contributed by atoms with Crippen LogP contribution in [-0.2, 0) is 16.1 Å². The van der Waals surface area contributed by atoms with E-state index in [-0.39, 0.29) is 11.3 Å². The Bertz CT molecular complexity index is 485. The van der Waals surface area contributed by atoms with Crippen molar-refractivity contribution >= 4 is 11.5 Å². The van der Waals surface area contributed by atoms with Gasteiger partial charge in [0.05, 0.1) is 18.5 Å². The lowest BCUT2D eigenvalue weighted by molar-refractivity contribution is -0.118. The van der Waals surface area contributed by atoms with E-state index in [2.05, 4.69) is 5.10 Å². The van der Waals surface area contributed by atoms with Gasteiger partial charge in [-0.3, -0.25) is 9.59 Å². The molecule has 0 amide bonds. The van der Waals surface area contributed by atoms with Crippen molar-refractivity contribution in [1.29, 1.82) is 0 Å². The lowest BCUT2D eigenvalue weighted by Gasteiger charge is -2.18. The van der Waals surface area contributed by atoms with Crippen molar-refractivity contribution in [2.24, 2.45) is 0 Å². The molecule has 0 saturated heterocycles. The maximum absolute atomic E-state index is 11.9. The van der Waals surface area contributed by atoms with Gasteiger partial charge < -0.3 is 9.64 Å². The van der Waals surface area contributed by atoms with E-state index in [1.54, 1.807) is 19.4 Å². The Hall–Kier alpha value is -1.69. The highest BCUT2D eigenvalue weighted by Crippen LogP contribution is 2.06. The van der Waals surface area contributed by atoms with Crippen molar-refractivity contribution in [3.63, 3.8) is 0 Å². The molecule has 0 N–H and O–H groups in total. The van der Waals surface area contributed by atoms with Crippen molar-refractivity contribution in [2.45, 2.75) is 32.7 Å². The third kappa shape index (κ3) is 5.13. The molecule has 1 rings (SSSR count). The van der Waals surface area contributed by atoms with Crippen LogP contribution in [0.5, 0.6) is 0 Å². The number of aryl methyl sites for hydroxylation is 1. The Balaban J connectivity index is 2.59. The molecule has 0 radical (unpaired) electrons. The summed E-state index contributed by atoms with van der Waals surface area (Å²) in [5.41, 5.74) is 0.628. The molecule has 0 aliphatic carbocycles. The predicted molar refractivity (Wildman–Crippen MR) is 78.2 cm³/mol. The second-order valence-electron chi connectivity index (χ2n) is 4.69. The van der Waals surface area contributed by atoms with Crippen molar-refractivity contribution in [3.05, 3.63) is 22.6 Å². The number of likely N-dealkylation sites (N-methyl/N-ethyl adjacent to an activating group) is 1. The lowest BCUT2D eigenvalue weighted by atomic mass is 10.2. The van der Waals surface area contributed by atoms with Crippen LogP contribution in [0.3, 0.4) is 0 Å². The number of ketones is 1. The zero-order valence-electron chi connectivity index (χ0n) is 12.5. The third-order valence-corrected chi connectivity index (χ3v) is 3.15. The van der Waals surface area contributed by atoms with E-state index in [0.717, 1.165) is 5.69 Å². The molecule has 0 spiro atoms. The number of carbonyl (C=O) groups is 1. The Labute approximate surface area is 119 Å². The van der Waals surface area contributed by atoms with Crippen LogP contribution < -0.4 is 10.5 Å². The maximum atomic E-state index is 11.9. The van der Waals surface area contributed by atoms with Crippen LogP contribution in [0.1, 0.15) is 26.2 Å². The number of hydrogen-bond donors (Lipinski definition) is 0. The first-order valence-electron chi connectivity index (χ1n) is 6.87. The van der Waals surface area contributed by atoms with Crippen LogP contribution in [0.25, 0.3) is 0 Å². The Morgan fingerprint density at radius 2 is 2.25 bits per heavy atom. The Morgan fingerprint density at radius 1 is 1.50 bits per heavy atom. The molecule has 20 heavy (non-hydrogen) atoms. The normalized spacial score (nSPS) is 10.6. The summed E-state index contributed by atoms with van der Waals surface area (Å²) in [6.45, 7) is 3.62. The third-order valence-electron chi connectivity index (χ3n) is 3.15. The van der Waals surface area contributed by atoms with Crippen molar-refractivity contribution in [3.8, 4) is 0 Å². The number of aromatic nitrogens is 2. The molecular weight excluding hydrogens is 258 g/mol. The van der Waals surface area contributed by atoms with Crippen LogP contribution in [0.4, 0.5) is 5.69 Å². The number of anilines is 1. The average Bonchev–Trinajstić information content (AvgIpc) is 2.46. The van der Waals surface area contributed by atoms with Gasteiger partial charge in [-0.05, 0) is 6.42 Å². The summed E-state index contributed by atoms with van der Waals surface area (Å²) in [5, 5.41) is 4.14. The first kappa shape index (κ1) is 16.4. The van der Waals surface area contributed by atoms with E-state index in [4.69, 9.17) is 4.74 Å². The van der Waals surface area contributed by atoms with E-state index < -0.39 is 0 Å². The minimum absolute atomic E-state index is 0.143. The fraction of sp³-hybridized carbons (Fsp3) is 0.643. The summed E-state index contributed by atoms with van der Waals surface area (Å²) in [7, 11) is 3.53. The topological polar surface area (TPSA) is 64.4 Å². The quantitative estimate of drug-likeness (QED) is 0.678. The van der Waals surface area contributed by atoms with E-state index in [1.165, 1.54) is 4.68 Å². The summed E-state index contributed by atoms with van der Waals surface area (Å²) in [4.78, 5) is 25.0. The first-order chi connectivity index (χ1) is 9.58. The molecule has 0 atom stereocenters. The summed E-state index contributed by atoms with van der Waals surface area (Å²) < 4.78 is 6.40. The van der Waals surface area contributed by atoms with Crippen LogP contribution >= 0.6 is 0 Å². The Morgan fingerprint density at radius 3 is 2.85 bits per heavy atom. The summed E-state index contributed by atoms with van der Waals surface area (Å²) in [6, 6.07) is 1.56. The van der Waals surface area contributed by atoms with Crippen molar-refractivity contribution in [2.75, 3.05) is 32.2 Å². The molecular formula is C14H23N3O3. The highest BCUT2D eigenvalue weighted by molar-refractivity contribution is 5.77. The maximum Gasteiger partial charge on any atom is 0.268 e. The number of carbonyl (C=O) groups excluding carboxylic acids is 1. The zero-order valence-corrected chi connectivity index (χ0v) is 12.5. The van der Waals surface area contributed by atoms with Gasteiger partial charge in [0.25, 0.3) is 5.56 Å². The van der Waals surface area contributed by atoms with Gasteiger partial charge in [-0.25, -0.2) is 4.68 Å². The molecule has 0 aliphatic heterocycles. The van der Waals surface area contributed by atoms with Gasteiger partial charge in [0, 0.05) is 46.2 Å². The lowest BCUT2D eigenvalue weighted by Crippen LogP contribution is -2.27. The predicted octanol–water partition coefficient (Wildman–Crippen LogP) is 1.09. The zero-order chi connectivity index (χ0) is 15.0. The van der Waals surface area contributed by atoms with Crippen LogP contribution in [0.15, 0.2) is 17.1 Å². The largest absolute Gasteiger partial charge is 0.383 e. The van der Waals surface area contributed by atoms with E-state index in [9.17, 15) is 9.59 Å². The molecule has 0 unspecified atom stereocenters. The highest BCUT2D eigenvalue weighted by Gasteiger charge is 2.05. The fourth-order valence-electron chi connectivity index (χ4n) is 1.76. The highest BCUT2D eigenvalue weighted by atomic mass is 16.5. The fourth-order valence-corrected chi connectivity index (χ4v) is 1.76. The Kier molecular flexibility index (Phi) is 6.93. The minimum atomic E-state index is -0.143. The molecule has 0 saturated carbocycles. The monoisotopic (exact) mass is 281 g/mol. The second-order valence-corrected chi connectivity index (χ2v) is 4.69. The van der Waals surface area contributed by atoms with Gasteiger partial charge in [0.1, 0.15) is 5.78 Å². The minimum Gasteiger partial charge on any atom is -0.383 e. The van der Waals surface area contributed by atoms with E-state index >= 15 is 0 Å². The molecule has 1 aromatic rings. The molecule has 0 bridgehead atoms. The second kappa shape index (κ2) is 8.47. The summed E-state index contributed by atoms with van der Waals surface area (Å²) in [6.07, 6.45) is 3.36. The van der Waals surface area contributed by atoms with Crippen molar-refractivity contribution in [1.82, 2.24) is 9.78 Å². The van der Waals surface area contributed by atoms with Gasteiger partial charge in [-0.15, -0.1) is 0 Å². The number of ether oxygens (including phenoxy) is 1. The molecule has 0 fully saturated rings. The number of nitrogens with zero attached hydrogens (tertiary/aromatic N) is 3. The van der Waals surface area contributed by atoms with Gasteiger partial charge in [-0.2, -0.15) is 5.10 Å².